The molecule has 5 nitrogen and oxygen atoms in total. The number of rotatable bonds is 9. The third kappa shape index (κ3) is 5.09. The van der Waals surface area contributed by atoms with Gasteiger partial charge in [0.2, 0.25) is 0 Å². The second kappa shape index (κ2) is 10.0. The molecule has 2 aromatic carbocycles. The van der Waals surface area contributed by atoms with Crippen molar-refractivity contribution >= 4 is 11.5 Å². The summed E-state index contributed by atoms with van der Waals surface area (Å²) >= 11 is 0. The molecule has 1 heterocycles. The minimum Gasteiger partial charge on any atom is -0.496 e. The summed E-state index contributed by atoms with van der Waals surface area (Å²) in [5, 5.41) is 9.12. The van der Waals surface area contributed by atoms with Crippen molar-refractivity contribution < 1.29 is 19.4 Å². The van der Waals surface area contributed by atoms with E-state index in [1.807, 2.05) is 0 Å². The molecule has 0 saturated carbocycles. The third-order valence-corrected chi connectivity index (χ3v) is 7.03. The SMILES string of the molecule is CCCc1ccc(COc2cc3c(cc2C)C(C)=C(CN2CC(C(=O)O)C2)CC3)c(OC)c1. The summed E-state index contributed by atoms with van der Waals surface area (Å²) in [6.07, 6.45) is 4.17. The molecule has 0 atom stereocenters. The maximum absolute atomic E-state index is 11.1. The van der Waals surface area contributed by atoms with Crippen molar-refractivity contribution in [3.63, 3.8) is 0 Å². The Kier molecular flexibility index (Phi) is 7.08. The number of aryl methyl sites for hydroxylation is 3. The highest BCUT2D eigenvalue weighted by molar-refractivity contribution is 5.74. The van der Waals surface area contributed by atoms with Gasteiger partial charge in [-0.15, -0.1) is 0 Å². The lowest BCUT2D eigenvalue weighted by atomic mass is 9.84. The Morgan fingerprint density at radius 2 is 1.91 bits per heavy atom. The molecule has 0 spiro atoms. The largest absolute Gasteiger partial charge is 0.496 e. The smallest absolute Gasteiger partial charge is 0.309 e. The van der Waals surface area contributed by atoms with Crippen LogP contribution in [0.1, 0.15) is 54.5 Å². The van der Waals surface area contributed by atoms with Gasteiger partial charge in [-0.3, -0.25) is 9.69 Å². The number of hydrogen-bond acceptors (Lipinski definition) is 4. The summed E-state index contributed by atoms with van der Waals surface area (Å²) in [6.45, 7) is 9.16. The van der Waals surface area contributed by atoms with E-state index in [0.29, 0.717) is 19.7 Å². The first-order chi connectivity index (χ1) is 15.9. The number of methoxy groups -OCH3 is 1. The zero-order chi connectivity index (χ0) is 23.5. The molecule has 2 aromatic rings. The Bertz CT molecular complexity index is 1070. The van der Waals surface area contributed by atoms with Crippen molar-refractivity contribution in [2.45, 2.75) is 53.1 Å². The zero-order valence-corrected chi connectivity index (χ0v) is 20.2. The number of carbonyl (C=O) groups is 1. The first kappa shape index (κ1) is 23.4. The van der Waals surface area contributed by atoms with Gasteiger partial charge in [0.1, 0.15) is 18.1 Å². The van der Waals surface area contributed by atoms with Crippen molar-refractivity contribution in [3.05, 3.63) is 63.7 Å². The van der Waals surface area contributed by atoms with Crippen LogP contribution in [0.25, 0.3) is 5.57 Å². The van der Waals surface area contributed by atoms with Crippen molar-refractivity contribution in [1.29, 1.82) is 0 Å². The first-order valence-corrected chi connectivity index (χ1v) is 12.0. The highest BCUT2D eigenvalue weighted by Gasteiger charge is 2.33. The summed E-state index contributed by atoms with van der Waals surface area (Å²) in [5.74, 6) is 0.932. The van der Waals surface area contributed by atoms with Crippen LogP contribution in [0.2, 0.25) is 0 Å². The van der Waals surface area contributed by atoms with Gasteiger partial charge in [0, 0.05) is 25.2 Å². The van der Waals surface area contributed by atoms with Gasteiger partial charge in [-0.25, -0.2) is 0 Å². The number of aliphatic carboxylic acids is 1. The van der Waals surface area contributed by atoms with Gasteiger partial charge >= 0.3 is 5.97 Å². The molecule has 2 aliphatic rings. The Morgan fingerprint density at radius 1 is 1.12 bits per heavy atom. The molecule has 1 aliphatic heterocycles. The van der Waals surface area contributed by atoms with E-state index in [9.17, 15) is 4.79 Å². The van der Waals surface area contributed by atoms with Crippen LogP contribution in [-0.2, 0) is 24.2 Å². The molecule has 33 heavy (non-hydrogen) atoms. The number of carboxylic acids is 1. The lowest BCUT2D eigenvalue weighted by molar-refractivity contribution is -0.147. The second-order valence-corrected chi connectivity index (χ2v) is 9.42. The highest BCUT2D eigenvalue weighted by Crippen LogP contribution is 2.36. The van der Waals surface area contributed by atoms with Crippen LogP contribution in [0.5, 0.6) is 11.5 Å². The molecule has 0 radical (unpaired) electrons. The molecule has 1 aliphatic carbocycles. The van der Waals surface area contributed by atoms with E-state index >= 15 is 0 Å². The maximum atomic E-state index is 11.1. The molecule has 0 amide bonds. The van der Waals surface area contributed by atoms with Gasteiger partial charge < -0.3 is 14.6 Å². The van der Waals surface area contributed by atoms with E-state index in [-0.39, 0.29) is 5.92 Å². The van der Waals surface area contributed by atoms with Crippen LogP contribution < -0.4 is 9.47 Å². The molecular weight excluding hydrogens is 414 g/mol. The fourth-order valence-corrected chi connectivity index (χ4v) is 4.94. The standard InChI is InChI=1S/C28H35NO4/c1-5-6-20-7-8-23(27(12-20)32-4)17-33-26-13-21-9-10-22(19(3)25(21)11-18(26)2)14-29-15-24(16-29)28(30)31/h7-8,11-13,24H,5-6,9-10,14-17H2,1-4H3,(H,30,31). The van der Waals surface area contributed by atoms with Crippen LogP contribution in [-0.4, -0.2) is 42.7 Å². The Labute approximate surface area is 197 Å². The number of nitrogens with zero attached hydrogens (tertiary/aromatic N) is 1. The summed E-state index contributed by atoms with van der Waals surface area (Å²) in [7, 11) is 1.72. The maximum Gasteiger partial charge on any atom is 0.309 e. The topological polar surface area (TPSA) is 59.0 Å². The zero-order valence-electron chi connectivity index (χ0n) is 20.2. The summed E-state index contributed by atoms with van der Waals surface area (Å²) in [4.78, 5) is 13.3. The molecule has 5 heteroatoms. The van der Waals surface area contributed by atoms with E-state index in [2.05, 4.69) is 56.0 Å². The molecule has 1 fully saturated rings. The van der Waals surface area contributed by atoms with E-state index in [4.69, 9.17) is 14.6 Å². The van der Waals surface area contributed by atoms with E-state index in [0.717, 1.165) is 54.9 Å². The molecule has 1 N–H and O–H groups in total. The van der Waals surface area contributed by atoms with E-state index in [1.165, 1.54) is 27.8 Å². The number of likely N-dealkylation sites (tertiary alicyclic amines) is 1. The Hall–Kier alpha value is -2.79. The number of fused-ring (bicyclic) bond motifs is 1. The van der Waals surface area contributed by atoms with Crippen LogP contribution in [0.3, 0.4) is 0 Å². The van der Waals surface area contributed by atoms with Crippen LogP contribution >= 0.6 is 0 Å². The number of ether oxygens (including phenoxy) is 2. The van der Waals surface area contributed by atoms with Crippen molar-refractivity contribution in [3.8, 4) is 11.5 Å². The summed E-state index contributed by atoms with van der Waals surface area (Å²) < 4.78 is 11.9. The number of benzene rings is 2. The Balaban J connectivity index is 1.46. The van der Waals surface area contributed by atoms with Gasteiger partial charge in [0.15, 0.2) is 0 Å². The molecule has 1 saturated heterocycles. The molecule has 0 bridgehead atoms. The minimum absolute atomic E-state index is 0.204. The average molecular weight is 450 g/mol. The Morgan fingerprint density at radius 3 is 2.61 bits per heavy atom. The van der Waals surface area contributed by atoms with Crippen LogP contribution in [0, 0.1) is 12.8 Å². The molecule has 4 rings (SSSR count). The summed E-state index contributed by atoms with van der Waals surface area (Å²) in [6, 6.07) is 10.8. The van der Waals surface area contributed by atoms with Gasteiger partial charge in [0.05, 0.1) is 13.0 Å². The predicted octanol–water partition coefficient (Wildman–Crippen LogP) is 5.27. The second-order valence-electron chi connectivity index (χ2n) is 9.42. The van der Waals surface area contributed by atoms with Gasteiger partial charge in [0.25, 0.3) is 0 Å². The van der Waals surface area contributed by atoms with Crippen LogP contribution in [0.15, 0.2) is 35.9 Å². The quantitative estimate of drug-likeness (QED) is 0.565. The fourth-order valence-electron chi connectivity index (χ4n) is 4.94. The van der Waals surface area contributed by atoms with Gasteiger partial charge in [-0.1, -0.05) is 31.1 Å². The van der Waals surface area contributed by atoms with Crippen molar-refractivity contribution in [1.82, 2.24) is 4.90 Å². The lowest BCUT2D eigenvalue weighted by Gasteiger charge is -2.38. The van der Waals surface area contributed by atoms with Gasteiger partial charge in [-0.05, 0) is 79.1 Å². The molecule has 0 unspecified atom stereocenters. The molecule has 176 valence electrons. The number of hydrogen-bond donors (Lipinski definition) is 1. The van der Waals surface area contributed by atoms with Gasteiger partial charge in [-0.2, -0.15) is 0 Å². The summed E-state index contributed by atoms with van der Waals surface area (Å²) in [5.41, 5.74) is 8.87. The van der Waals surface area contributed by atoms with Crippen LogP contribution in [0.4, 0.5) is 0 Å². The monoisotopic (exact) mass is 449 g/mol. The number of allylic oxidation sites excluding steroid dienone is 1. The predicted molar refractivity (Wildman–Crippen MR) is 131 cm³/mol. The third-order valence-electron chi connectivity index (χ3n) is 7.03. The minimum atomic E-state index is -0.677. The average Bonchev–Trinajstić information content (AvgIpc) is 2.76. The fraction of sp³-hybridized carbons (Fsp3) is 0.464. The highest BCUT2D eigenvalue weighted by atomic mass is 16.5. The van der Waals surface area contributed by atoms with Crippen molar-refractivity contribution in [2.24, 2.45) is 5.92 Å². The van der Waals surface area contributed by atoms with E-state index in [1.54, 1.807) is 7.11 Å². The molecule has 0 aromatic heterocycles. The molecular formula is C28H35NO4. The normalized spacial score (nSPS) is 16.4. The first-order valence-electron chi connectivity index (χ1n) is 12.0. The number of carboxylic acid groups (broad SMARTS) is 1. The van der Waals surface area contributed by atoms with E-state index < -0.39 is 5.97 Å². The lowest BCUT2D eigenvalue weighted by Crippen LogP contribution is -2.50. The van der Waals surface area contributed by atoms with Crippen molar-refractivity contribution in [2.75, 3.05) is 26.7 Å².